The topological polar surface area (TPSA) is 0 Å². The maximum atomic E-state index is 3.45. The fourth-order valence-corrected chi connectivity index (χ4v) is 1.31. The normalized spacial score (nSPS) is 11.8. The Bertz CT molecular complexity index is 272. The van der Waals surface area contributed by atoms with Gasteiger partial charge in [-0.05, 0) is 18.6 Å². The van der Waals surface area contributed by atoms with Crippen molar-refractivity contribution >= 4 is 37.9 Å². The summed E-state index contributed by atoms with van der Waals surface area (Å²) >= 11 is 6.82. The molecule has 1 rings (SSSR count). The zero-order valence-corrected chi connectivity index (χ0v) is 10.0. The first-order chi connectivity index (χ1) is 5.72. The van der Waals surface area contributed by atoms with Crippen LogP contribution in [0.4, 0.5) is 0 Å². The third kappa shape index (κ3) is 3.11. The fourth-order valence-electron chi connectivity index (χ4n) is 0.882. The van der Waals surface area contributed by atoms with Crippen LogP contribution in [-0.4, -0.2) is 5.33 Å². The van der Waals surface area contributed by atoms with Crippen molar-refractivity contribution in [1.29, 1.82) is 0 Å². The number of hydrogen-bond donors (Lipinski definition) is 0. The van der Waals surface area contributed by atoms with E-state index in [9.17, 15) is 0 Å². The second kappa shape index (κ2) is 4.83. The number of aryl methyl sites for hydroxylation is 1. The third-order valence-corrected chi connectivity index (χ3v) is 3.39. The van der Waals surface area contributed by atoms with Crippen LogP contribution in [0.2, 0.25) is 0 Å². The molecule has 0 spiro atoms. The lowest BCUT2D eigenvalue weighted by Crippen LogP contribution is -1.76. The van der Waals surface area contributed by atoms with Crippen molar-refractivity contribution in [2.75, 3.05) is 5.33 Å². The molecule has 64 valence electrons. The van der Waals surface area contributed by atoms with Crippen molar-refractivity contribution < 1.29 is 0 Å². The summed E-state index contributed by atoms with van der Waals surface area (Å²) in [7, 11) is 0. The molecule has 0 heterocycles. The quantitative estimate of drug-likeness (QED) is 0.718. The molecule has 0 nitrogen and oxygen atoms in total. The number of hydrogen-bond acceptors (Lipinski definition) is 0. The second-order valence-electron chi connectivity index (χ2n) is 2.64. The molecule has 2 heteroatoms. The summed E-state index contributed by atoms with van der Waals surface area (Å²) in [6.07, 6.45) is 2.11. The van der Waals surface area contributed by atoms with Crippen LogP contribution in [0.25, 0.3) is 6.08 Å². The molecule has 0 N–H and O–H groups in total. The van der Waals surface area contributed by atoms with E-state index < -0.39 is 0 Å². The highest BCUT2D eigenvalue weighted by Crippen LogP contribution is 2.14. The summed E-state index contributed by atoms with van der Waals surface area (Å²) in [6.45, 7) is 2.09. The Kier molecular flexibility index (Phi) is 4.02. The lowest BCUT2D eigenvalue weighted by Gasteiger charge is -1.95. The molecular weight excluding hydrogens is 280 g/mol. The first-order valence-electron chi connectivity index (χ1n) is 3.71. The molecule has 0 radical (unpaired) electrons. The largest absolute Gasteiger partial charge is 0.0870 e. The van der Waals surface area contributed by atoms with Gasteiger partial charge in [0, 0.05) is 9.81 Å². The van der Waals surface area contributed by atoms with Crippen molar-refractivity contribution in [3.05, 3.63) is 39.9 Å². The predicted molar refractivity (Wildman–Crippen MR) is 61.9 cm³/mol. The van der Waals surface area contributed by atoms with E-state index in [1.807, 2.05) is 0 Å². The highest BCUT2D eigenvalue weighted by Gasteiger charge is 1.90. The molecule has 1 aromatic rings. The van der Waals surface area contributed by atoms with Crippen LogP contribution >= 0.6 is 31.9 Å². The van der Waals surface area contributed by atoms with Gasteiger partial charge in [0.15, 0.2) is 0 Å². The van der Waals surface area contributed by atoms with Crippen molar-refractivity contribution in [2.24, 2.45) is 0 Å². The van der Waals surface area contributed by atoms with E-state index in [1.165, 1.54) is 11.1 Å². The van der Waals surface area contributed by atoms with Gasteiger partial charge in [0.25, 0.3) is 0 Å². The van der Waals surface area contributed by atoms with Gasteiger partial charge in [-0.25, -0.2) is 0 Å². The molecule has 0 saturated heterocycles. The lowest BCUT2D eigenvalue weighted by molar-refractivity contribution is 1.46. The van der Waals surface area contributed by atoms with Crippen LogP contribution in [0, 0.1) is 6.92 Å². The van der Waals surface area contributed by atoms with Crippen LogP contribution in [-0.2, 0) is 0 Å². The van der Waals surface area contributed by atoms with E-state index in [4.69, 9.17) is 0 Å². The zero-order chi connectivity index (χ0) is 8.97. The number of halogens is 2. The number of benzene rings is 1. The minimum Gasteiger partial charge on any atom is -0.0870 e. The van der Waals surface area contributed by atoms with Crippen LogP contribution in [0.3, 0.4) is 0 Å². The van der Waals surface area contributed by atoms with Gasteiger partial charge in [-0.3, -0.25) is 0 Å². The van der Waals surface area contributed by atoms with Crippen LogP contribution in [0.1, 0.15) is 11.1 Å². The minimum atomic E-state index is 0.862. The molecule has 0 aliphatic rings. The Morgan fingerprint density at radius 2 is 1.92 bits per heavy atom. The number of allylic oxidation sites excluding steroid dienone is 1. The molecule has 0 fully saturated rings. The first kappa shape index (κ1) is 10.0. The van der Waals surface area contributed by atoms with Gasteiger partial charge >= 0.3 is 0 Å². The Hall–Kier alpha value is -0.0800. The van der Waals surface area contributed by atoms with Crippen LogP contribution in [0.5, 0.6) is 0 Å². The average molecular weight is 290 g/mol. The molecule has 1 aromatic carbocycles. The van der Waals surface area contributed by atoms with Crippen molar-refractivity contribution in [3.63, 3.8) is 0 Å². The van der Waals surface area contributed by atoms with Gasteiger partial charge in [-0.1, -0.05) is 61.7 Å². The third-order valence-electron chi connectivity index (χ3n) is 1.53. The molecule has 0 saturated carbocycles. The van der Waals surface area contributed by atoms with Gasteiger partial charge in [-0.2, -0.15) is 0 Å². The molecule has 0 unspecified atom stereocenters. The summed E-state index contributed by atoms with van der Waals surface area (Å²) in [6, 6.07) is 8.44. The standard InChI is InChI=1S/C10H10Br2/c1-8-2-4-9(5-3-8)6-10(12)7-11/h2-6H,7H2,1H3/b10-6-. The smallest absolute Gasteiger partial charge is 0.0349 e. The van der Waals surface area contributed by atoms with Gasteiger partial charge in [0.1, 0.15) is 0 Å². The Balaban J connectivity index is 2.84. The minimum absolute atomic E-state index is 0.862. The molecule has 0 atom stereocenters. The summed E-state index contributed by atoms with van der Waals surface area (Å²) in [5.41, 5.74) is 2.52. The van der Waals surface area contributed by atoms with E-state index in [-0.39, 0.29) is 0 Å². The molecule has 12 heavy (non-hydrogen) atoms. The van der Waals surface area contributed by atoms with Crippen LogP contribution in [0.15, 0.2) is 28.7 Å². The van der Waals surface area contributed by atoms with Crippen molar-refractivity contribution in [3.8, 4) is 0 Å². The lowest BCUT2D eigenvalue weighted by atomic mass is 10.1. The highest BCUT2D eigenvalue weighted by molar-refractivity contribution is 9.13. The Morgan fingerprint density at radius 1 is 1.33 bits per heavy atom. The summed E-state index contributed by atoms with van der Waals surface area (Å²) < 4.78 is 1.16. The van der Waals surface area contributed by atoms with Crippen molar-refractivity contribution in [2.45, 2.75) is 6.92 Å². The van der Waals surface area contributed by atoms with E-state index in [2.05, 4.69) is 69.1 Å². The Morgan fingerprint density at radius 3 is 2.42 bits per heavy atom. The van der Waals surface area contributed by atoms with Crippen molar-refractivity contribution in [1.82, 2.24) is 0 Å². The SMILES string of the molecule is Cc1ccc(/C=C(\Br)CBr)cc1. The number of rotatable bonds is 2. The summed E-state index contributed by atoms with van der Waals surface area (Å²) in [5.74, 6) is 0. The monoisotopic (exact) mass is 288 g/mol. The second-order valence-corrected chi connectivity index (χ2v) is 4.21. The summed E-state index contributed by atoms with van der Waals surface area (Å²) in [4.78, 5) is 0. The van der Waals surface area contributed by atoms with Gasteiger partial charge in [-0.15, -0.1) is 0 Å². The maximum Gasteiger partial charge on any atom is 0.0349 e. The van der Waals surface area contributed by atoms with Gasteiger partial charge in [0.05, 0.1) is 0 Å². The molecule has 0 bridgehead atoms. The van der Waals surface area contributed by atoms with E-state index in [0.29, 0.717) is 0 Å². The Labute approximate surface area is 89.9 Å². The van der Waals surface area contributed by atoms with E-state index in [1.54, 1.807) is 0 Å². The van der Waals surface area contributed by atoms with Gasteiger partial charge < -0.3 is 0 Å². The summed E-state index contributed by atoms with van der Waals surface area (Å²) in [5, 5.41) is 0.862. The number of alkyl halides is 1. The fraction of sp³-hybridized carbons (Fsp3) is 0.200. The average Bonchev–Trinajstić information content (AvgIpc) is 2.09. The molecular formula is C10H10Br2. The first-order valence-corrected chi connectivity index (χ1v) is 5.62. The molecule has 0 aliphatic carbocycles. The molecule has 0 amide bonds. The van der Waals surface area contributed by atoms with E-state index in [0.717, 1.165) is 9.81 Å². The molecule has 0 aliphatic heterocycles. The van der Waals surface area contributed by atoms with Gasteiger partial charge in [0.2, 0.25) is 0 Å². The maximum absolute atomic E-state index is 3.45. The van der Waals surface area contributed by atoms with Crippen LogP contribution < -0.4 is 0 Å². The predicted octanol–water partition coefficient (Wildman–Crippen LogP) is 4.13. The zero-order valence-electron chi connectivity index (χ0n) is 6.85. The molecule has 0 aromatic heterocycles. The highest BCUT2D eigenvalue weighted by atomic mass is 79.9. The van der Waals surface area contributed by atoms with E-state index >= 15 is 0 Å².